The van der Waals surface area contributed by atoms with Crippen LogP contribution < -0.4 is 27.2 Å². The highest BCUT2D eigenvalue weighted by Crippen LogP contribution is 2.25. The van der Waals surface area contributed by atoms with Gasteiger partial charge in [0.2, 0.25) is 0 Å². The Bertz CT molecular complexity index is 666. The maximum Gasteiger partial charge on any atom is 0.119 e. The van der Waals surface area contributed by atoms with Crippen molar-refractivity contribution in [3.63, 3.8) is 0 Å². The smallest absolute Gasteiger partial charge is 0.119 e. The number of para-hydroxylation sites is 1. The summed E-state index contributed by atoms with van der Waals surface area (Å²) in [5, 5.41) is 13.7. The number of halogens is 1. The maximum absolute atomic E-state index is 10.2. The number of rotatable bonds is 7. The number of methoxy groups -OCH3 is 1. The molecule has 0 aromatic heterocycles. The second kappa shape index (κ2) is 10.4. The Hall–Kier alpha value is -1.75. The predicted molar refractivity (Wildman–Crippen MR) is 99.4 cm³/mol. The average molecular weight is 377 g/mol. The van der Waals surface area contributed by atoms with Crippen LogP contribution in [0, 0.1) is 0 Å². The van der Waals surface area contributed by atoms with Gasteiger partial charge < -0.3 is 32.3 Å². The van der Waals surface area contributed by atoms with Crippen LogP contribution in [-0.2, 0) is 12.8 Å². The molecule has 0 saturated heterocycles. The average Bonchev–Trinajstić information content (AvgIpc) is 2.86. The standard InChI is InChI=1S/C21H27NO3.ClH/c1-24-21-11-10-16-6-5-7-18(12-17(16)13-21)22-14-19(23)15-25-20-8-3-2-4-9-20;/h2-4,8-11,13,18-19,22-23H,5-7,12,14-15H2,1H3;1H/p-1. The van der Waals surface area contributed by atoms with Gasteiger partial charge in [-0.1, -0.05) is 24.3 Å². The van der Waals surface area contributed by atoms with E-state index in [0.717, 1.165) is 37.2 Å². The molecule has 0 saturated carbocycles. The summed E-state index contributed by atoms with van der Waals surface area (Å²) in [5.41, 5.74) is 2.77. The molecule has 2 unspecified atom stereocenters. The minimum Gasteiger partial charge on any atom is -1.00 e. The van der Waals surface area contributed by atoms with E-state index >= 15 is 0 Å². The second-order valence-electron chi connectivity index (χ2n) is 6.61. The Morgan fingerprint density at radius 2 is 1.92 bits per heavy atom. The van der Waals surface area contributed by atoms with Crippen molar-refractivity contribution in [2.24, 2.45) is 0 Å². The Labute approximate surface area is 161 Å². The SMILES string of the molecule is COc1ccc2c(c1)CC(NCC(O)COc1ccccc1)CCC2.[Cl-]. The predicted octanol–water partition coefficient (Wildman–Crippen LogP) is -0.0239. The van der Waals surface area contributed by atoms with Gasteiger partial charge in [-0.25, -0.2) is 0 Å². The Morgan fingerprint density at radius 1 is 1.12 bits per heavy atom. The first-order chi connectivity index (χ1) is 12.2. The molecule has 26 heavy (non-hydrogen) atoms. The number of benzene rings is 2. The normalized spacial score (nSPS) is 17.4. The van der Waals surface area contributed by atoms with Crippen LogP contribution in [0.4, 0.5) is 0 Å². The third kappa shape index (κ3) is 5.90. The highest BCUT2D eigenvalue weighted by molar-refractivity contribution is 5.37. The molecule has 4 nitrogen and oxygen atoms in total. The molecule has 2 atom stereocenters. The Morgan fingerprint density at radius 3 is 2.69 bits per heavy atom. The van der Waals surface area contributed by atoms with Crippen LogP contribution in [0.1, 0.15) is 24.0 Å². The van der Waals surface area contributed by atoms with Gasteiger partial charge >= 0.3 is 0 Å². The van der Waals surface area contributed by atoms with E-state index in [0.29, 0.717) is 19.2 Å². The van der Waals surface area contributed by atoms with Gasteiger partial charge in [0, 0.05) is 12.6 Å². The summed E-state index contributed by atoms with van der Waals surface area (Å²) >= 11 is 0. The van der Waals surface area contributed by atoms with Gasteiger partial charge in [0.15, 0.2) is 0 Å². The summed E-state index contributed by atoms with van der Waals surface area (Å²) < 4.78 is 11.0. The fraction of sp³-hybridized carbons (Fsp3) is 0.429. The summed E-state index contributed by atoms with van der Waals surface area (Å²) in [5.74, 6) is 1.70. The van der Waals surface area contributed by atoms with Gasteiger partial charge in [-0.15, -0.1) is 0 Å². The number of nitrogens with one attached hydrogen (secondary N) is 1. The molecule has 2 aromatic carbocycles. The summed E-state index contributed by atoms with van der Waals surface area (Å²) in [4.78, 5) is 0. The van der Waals surface area contributed by atoms with Crippen LogP contribution in [0.2, 0.25) is 0 Å². The van der Waals surface area contributed by atoms with E-state index in [1.165, 1.54) is 11.1 Å². The largest absolute Gasteiger partial charge is 1.00 e. The number of aliphatic hydroxyl groups excluding tert-OH is 1. The molecule has 0 heterocycles. The zero-order valence-electron chi connectivity index (χ0n) is 15.2. The van der Waals surface area contributed by atoms with Crippen LogP contribution in [0.3, 0.4) is 0 Å². The molecule has 5 heteroatoms. The first-order valence-corrected chi connectivity index (χ1v) is 8.99. The number of aliphatic hydroxyl groups is 1. The number of hydrogen-bond acceptors (Lipinski definition) is 4. The van der Waals surface area contributed by atoms with Crippen molar-refractivity contribution >= 4 is 0 Å². The van der Waals surface area contributed by atoms with Crippen molar-refractivity contribution in [1.82, 2.24) is 5.32 Å². The van der Waals surface area contributed by atoms with Crippen LogP contribution in [0.5, 0.6) is 11.5 Å². The molecular formula is C21H27ClNO3-. The van der Waals surface area contributed by atoms with Gasteiger partial charge in [0.1, 0.15) is 24.2 Å². The fourth-order valence-electron chi connectivity index (χ4n) is 3.31. The van der Waals surface area contributed by atoms with Crippen LogP contribution >= 0.6 is 0 Å². The minimum absolute atomic E-state index is 0. The lowest BCUT2D eigenvalue weighted by molar-refractivity contribution is -0.00000722. The van der Waals surface area contributed by atoms with E-state index in [1.807, 2.05) is 36.4 Å². The van der Waals surface area contributed by atoms with Gasteiger partial charge in [-0.3, -0.25) is 0 Å². The van der Waals surface area contributed by atoms with Gasteiger partial charge in [0.25, 0.3) is 0 Å². The first kappa shape index (κ1) is 20.6. The van der Waals surface area contributed by atoms with Crippen molar-refractivity contribution in [3.05, 3.63) is 59.7 Å². The molecule has 0 amide bonds. The third-order valence-corrected chi connectivity index (χ3v) is 4.71. The lowest BCUT2D eigenvalue weighted by Crippen LogP contribution is -3.00. The molecule has 142 valence electrons. The highest BCUT2D eigenvalue weighted by Gasteiger charge is 2.18. The molecule has 0 spiro atoms. The second-order valence-corrected chi connectivity index (χ2v) is 6.61. The maximum atomic E-state index is 10.2. The molecule has 0 fully saturated rings. The van der Waals surface area contributed by atoms with Gasteiger partial charge in [0.05, 0.1) is 7.11 Å². The molecule has 3 rings (SSSR count). The molecule has 1 aliphatic carbocycles. The van der Waals surface area contributed by atoms with Crippen LogP contribution in [0.15, 0.2) is 48.5 Å². The third-order valence-electron chi connectivity index (χ3n) is 4.71. The lowest BCUT2D eigenvalue weighted by Gasteiger charge is -2.20. The molecular weight excluding hydrogens is 350 g/mol. The topological polar surface area (TPSA) is 50.7 Å². The molecule has 0 bridgehead atoms. The monoisotopic (exact) mass is 376 g/mol. The van der Waals surface area contributed by atoms with Crippen molar-refractivity contribution in [2.75, 3.05) is 20.3 Å². The molecule has 2 aromatic rings. The quantitative estimate of drug-likeness (QED) is 0.667. The van der Waals surface area contributed by atoms with Crippen molar-refractivity contribution in [1.29, 1.82) is 0 Å². The summed E-state index contributed by atoms with van der Waals surface area (Å²) in [6.07, 6.45) is 3.83. The molecule has 0 aliphatic heterocycles. The number of fused-ring (bicyclic) bond motifs is 1. The molecule has 2 N–H and O–H groups in total. The zero-order valence-corrected chi connectivity index (χ0v) is 15.9. The fourth-order valence-corrected chi connectivity index (χ4v) is 3.31. The van der Waals surface area contributed by atoms with Crippen molar-refractivity contribution in [2.45, 2.75) is 37.8 Å². The van der Waals surface area contributed by atoms with E-state index in [2.05, 4.69) is 17.4 Å². The van der Waals surface area contributed by atoms with Crippen molar-refractivity contribution < 1.29 is 27.0 Å². The number of hydrogen-bond donors (Lipinski definition) is 2. The van der Waals surface area contributed by atoms with E-state index in [-0.39, 0.29) is 12.4 Å². The Balaban J connectivity index is 0.00000243. The van der Waals surface area contributed by atoms with Crippen molar-refractivity contribution in [3.8, 4) is 11.5 Å². The zero-order chi connectivity index (χ0) is 17.5. The minimum atomic E-state index is -0.520. The van der Waals surface area contributed by atoms with Gasteiger partial charge in [-0.2, -0.15) is 0 Å². The molecule has 1 aliphatic rings. The summed E-state index contributed by atoms with van der Waals surface area (Å²) in [6.45, 7) is 0.838. The lowest BCUT2D eigenvalue weighted by atomic mass is 10.0. The van der Waals surface area contributed by atoms with E-state index in [1.54, 1.807) is 7.11 Å². The van der Waals surface area contributed by atoms with E-state index in [9.17, 15) is 5.11 Å². The van der Waals surface area contributed by atoms with E-state index < -0.39 is 6.10 Å². The molecule has 0 radical (unpaired) electrons. The van der Waals surface area contributed by atoms with Gasteiger partial charge in [-0.05, 0) is 61.1 Å². The number of aryl methyl sites for hydroxylation is 1. The highest BCUT2D eigenvalue weighted by atomic mass is 35.5. The number of ether oxygens (including phenoxy) is 2. The first-order valence-electron chi connectivity index (χ1n) is 8.99. The summed E-state index contributed by atoms with van der Waals surface area (Å²) in [7, 11) is 1.71. The van der Waals surface area contributed by atoms with Crippen LogP contribution in [-0.4, -0.2) is 37.5 Å². The van der Waals surface area contributed by atoms with Crippen LogP contribution in [0.25, 0.3) is 0 Å². The Kier molecular flexibility index (Phi) is 8.23. The summed E-state index contributed by atoms with van der Waals surface area (Å²) in [6, 6.07) is 16.3. The van der Waals surface area contributed by atoms with E-state index in [4.69, 9.17) is 9.47 Å².